The highest BCUT2D eigenvalue weighted by Gasteiger charge is 2.17. The molecule has 3 rings (SSSR count). The SMILES string of the molecule is COc1cc(C(C)C)c(Oc2cnc(N)nc2N)cc1-c1cccc(C=N)c1. The molecule has 2 aromatic carbocycles. The summed E-state index contributed by atoms with van der Waals surface area (Å²) in [4.78, 5) is 7.91. The number of benzene rings is 2. The van der Waals surface area contributed by atoms with E-state index in [1.54, 1.807) is 7.11 Å². The Hall–Kier alpha value is -3.61. The summed E-state index contributed by atoms with van der Waals surface area (Å²) >= 11 is 0. The summed E-state index contributed by atoms with van der Waals surface area (Å²) in [5.74, 6) is 2.13. The fraction of sp³-hybridized carbons (Fsp3) is 0.190. The van der Waals surface area contributed by atoms with Crippen molar-refractivity contribution in [3.05, 3.63) is 53.7 Å². The van der Waals surface area contributed by atoms with Crippen LogP contribution < -0.4 is 20.9 Å². The molecule has 1 heterocycles. The number of nitrogens with zero attached hydrogens (tertiary/aromatic N) is 2. The van der Waals surface area contributed by atoms with Gasteiger partial charge in [-0.05, 0) is 35.2 Å². The zero-order valence-corrected chi connectivity index (χ0v) is 16.1. The van der Waals surface area contributed by atoms with E-state index < -0.39 is 0 Å². The molecule has 28 heavy (non-hydrogen) atoms. The first kappa shape index (κ1) is 19.2. The molecule has 0 radical (unpaired) electrons. The van der Waals surface area contributed by atoms with Crippen LogP contribution in [0.3, 0.4) is 0 Å². The summed E-state index contributed by atoms with van der Waals surface area (Å²) in [7, 11) is 1.63. The van der Waals surface area contributed by atoms with Crippen LogP contribution in [0.15, 0.2) is 42.6 Å². The standard InChI is InChI=1S/C21H23N5O2/c1-12(2)15-8-17(27-3)16(14-6-4-5-13(7-14)10-22)9-18(15)28-19-11-25-21(24)26-20(19)23/h4-12,22H,1-3H3,(H4,23,24,25,26). The molecule has 5 N–H and O–H groups in total. The highest BCUT2D eigenvalue weighted by molar-refractivity contribution is 5.82. The summed E-state index contributed by atoms with van der Waals surface area (Å²) in [5, 5.41) is 7.50. The van der Waals surface area contributed by atoms with Gasteiger partial charge in [0.15, 0.2) is 11.6 Å². The fourth-order valence-corrected chi connectivity index (χ4v) is 2.90. The maximum atomic E-state index is 7.50. The zero-order chi connectivity index (χ0) is 20.3. The molecule has 0 aliphatic rings. The van der Waals surface area contributed by atoms with Gasteiger partial charge in [0.25, 0.3) is 0 Å². The highest BCUT2D eigenvalue weighted by Crippen LogP contribution is 2.41. The second-order valence-electron chi connectivity index (χ2n) is 6.59. The lowest BCUT2D eigenvalue weighted by atomic mass is 9.95. The molecule has 0 amide bonds. The predicted octanol–water partition coefficient (Wildman–Crippen LogP) is 4.23. The van der Waals surface area contributed by atoms with Crippen molar-refractivity contribution in [3.63, 3.8) is 0 Å². The Morgan fingerprint density at radius 2 is 1.86 bits per heavy atom. The van der Waals surface area contributed by atoms with Crippen LogP contribution in [-0.2, 0) is 0 Å². The molecule has 144 valence electrons. The molecule has 0 bridgehead atoms. The Labute approximate surface area is 163 Å². The van der Waals surface area contributed by atoms with Gasteiger partial charge in [-0.1, -0.05) is 32.0 Å². The van der Waals surface area contributed by atoms with E-state index in [1.165, 1.54) is 12.4 Å². The average molecular weight is 377 g/mol. The molecule has 1 aromatic heterocycles. The summed E-state index contributed by atoms with van der Waals surface area (Å²) < 4.78 is 11.7. The zero-order valence-electron chi connectivity index (χ0n) is 16.1. The summed E-state index contributed by atoms with van der Waals surface area (Å²) in [6.45, 7) is 4.14. The smallest absolute Gasteiger partial charge is 0.222 e. The van der Waals surface area contributed by atoms with Crippen molar-refractivity contribution in [2.24, 2.45) is 0 Å². The molecular weight excluding hydrogens is 354 g/mol. The molecule has 0 saturated heterocycles. The minimum atomic E-state index is 0.0906. The molecule has 0 atom stereocenters. The summed E-state index contributed by atoms with van der Waals surface area (Å²) in [6, 6.07) is 11.5. The van der Waals surface area contributed by atoms with Crippen molar-refractivity contribution in [2.75, 3.05) is 18.6 Å². The molecule has 7 nitrogen and oxygen atoms in total. The van der Waals surface area contributed by atoms with Crippen LogP contribution in [0.1, 0.15) is 30.9 Å². The van der Waals surface area contributed by atoms with Crippen molar-refractivity contribution >= 4 is 18.0 Å². The lowest BCUT2D eigenvalue weighted by Crippen LogP contribution is -2.03. The number of nitrogens with two attached hydrogens (primary N) is 2. The number of ether oxygens (including phenoxy) is 2. The first-order valence-corrected chi connectivity index (χ1v) is 8.81. The normalized spacial score (nSPS) is 10.7. The second-order valence-corrected chi connectivity index (χ2v) is 6.59. The first-order chi connectivity index (χ1) is 13.4. The van der Waals surface area contributed by atoms with Crippen molar-refractivity contribution in [1.82, 2.24) is 9.97 Å². The third-order valence-corrected chi connectivity index (χ3v) is 4.34. The van der Waals surface area contributed by atoms with Crippen molar-refractivity contribution in [2.45, 2.75) is 19.8 Å². The van der Waals surface area contributed by atoms with Gasteiger partial charge >= 0.3 is 0 Å². The maximum absolute atomic E-state index is 7.50. The number of anilines is 2. The predicted molar refractivity (Wildman–Crippen MR) is 111 cm³/mol. The second kappa shape index (κ2) is 7.96. The van der Waals surface area contributed by atoms with E-state index >= 15 is 0 Å². The molecule has 7 heteroatoms. The third-order valence-electron chi connectivity index (χ3n) is 4.34. The lowest BCUT2D eigenvalue weighted by molar-refractivity contribution is 0.412. The molecule has 0 fully saturated rings. The third kappa shape index (κ3) is 3.88. The van der Waals surface area contributed by atoms with Crippen LogP contribution in [-0.4, -0.2) is 23.3 Å². The van der Waals surface area contributed by atoms with Crippen LogP contribution in [0, 0.1) is 5.41 Å². The van der Waals surface area contributed by atoms with E-state index in [-0.39, 0.29) is 17.7 Å². The van der Waals surface area contributed by atoms with Gasteiger partial charge in [-0.25, -0.2) is 4.98 Å². The van der Waals surface area contributed by atoms with Gasteiger partial charge in [-0.2, -0.15) is 4.98 Å². The Bertz CT molecular complexity index is 1020. The average Bonchev–Trinajstić information content (AvgIpc) is 2.69. The topological polar surface area (TPSA) is 120 Å². The van der Waals surface area contributed by atoms with E-state index in [4.69, 9.17) is 26.4 Å². The fourth-order valence-electron chi connectivity index (χ4n) is 2.90. The van der Waals surface area contributed by atoms with Gasteiger partial charge in [0.1, 0.15) is 11.5 Å². The minimum Gasteiger partial charge on any atom is -0.496 e. The molecule has 0 saturated carbocycles. The van der Waals surface area contributed by atoms with Gasteiger partial charge in [0, 0.05) is 17.3 Å². The number of methoxy groups -OCH3 is 1. The molecule has 0 unspecified atom stereocenters. The van der Waals surface area contributed by atoms with E-state index in [1.807, 2.05) is 36.4 Å². The van der Waals surface area contributed by atoms with E-state index in [2.05, 4.69) is 23.8 Å². The van der Waals surface area contributed by atoms with E-state index in [0.29, 0.717) is 11.5 Å². The molecule has 3 aromatic rings. The largest absolute Gasteiger partial charge is 0.496 e. The van der Waals surface area contributed by atoms with E-state index in [0.717, 1.165) is 28.0 Å². The van der Waals surface area contributed by atoms with Crippen molar-refractivity contribution in [1.29, 1.82) is 5.41 Å². The van der Waals surface area contributed by atoms with Crippen molar-refractivity contribution in [3.8, 4) is 28.4 Å². The number of hydrogen-bond acceptors (Lipinski definition) is 7. The van der Waals surface area contributed by atoms with Gasteiger partial charge in [0.05, 0.1) is 13.3 Å². The Kier molecular flexibility index (Phi) is 5.44. The molecule has 0 aliphatic carbocycles. The first-order valence-electron chi connectivity index (χ1n) is 8.81. The van der Waals surface area contributed by atoms with Crippen LogP contribution >= 0.6 is 0 Å². The summed E-state index contributed by atoms with van der Waals surface area (Å²) in [5.41, 5.74) is 15.0. The number of hydrogen-bond donors (Lipinski definition) is 3. The Balaban J connectivity index is 2.15. The number of nitrogens with one attached hydrogen (secondary N) is 1. The summed E-state index contributed by atoms with van der Waals surface area (Å²) in [6.07, 6.45) is 2.77. The number of aromatic nitrogens is 2. The quantitative estimate of drug-likeness (QED) is 0.553. The van der Waals surface area contributed by atoms with E-state index in [9.17, 15) is 0 Å². The Morgan fingerprint density at radius 1 is 1.07 bits per heavy atom. The van der Waals surface area contributed by atoms with Crippen molar-refractivity contribution < 1.29 is 9.47 Å². The minimum absolute atomic E-state index is 0.0906. The Morgan fingerprint density at radius 3 is 2.50 bits per heavy atom. The van der Waals surface area contributed by atoms with Gasteiger partial charge in [0.2, 0.25) is 5.95 Å². The molecule has 0 aliphatic heterocycles. The highest BCUT2D eigenvalue weighted by atomic mass is 16.5. The molecular formula is C21H23N5O2. The van der Waals surface area contributed by atoms with Crippen LogP contribution in [0.5, 0.6) is 17.2 Å². The number of nitrogen functional groups attached to an aromatic ring is 2. The molecule has 0 spiro atoms. The maximum Gasteiger partial charge on any atom is 0.222 e. The lowest BCUT2D eigenvalue weighted by Gasteiger charge is -2.19. The van der Waals surface area contributed by atoms with Crippen LogP contribution in [0.25, 0.3) is 11.1 Å². The number of rotatable bonds is 6. The van der Waals surface area contributed by atoms with Gasteiger partial charge in [-0.3, -0.25) is 0 Å². The van der Waals surface area contributed by atoms with Gasteiger partial charge < -0.3 is 26.4 Å². The van der Waals surface area contributed by atoms with Crippen LogP contribution in [0.2, 0.25) is 0 Å². The van der Waals surface area contributed by atoms with Crippen LogP contribution in [0.4, 0.5) is 11.8 Å². The van der Waals surface area contributed by atoms with Gasteiger partial charge in [-0.15, -0.1) is 0 Å². The monoisotopic (exact) mass is 377 g/mol.